The maximum Gasteiger partial charge on any atom is 0.260 e. The molecule has 8 nitrogen and oxygen atoms in total. The molecule has 1 aliphatic heterocycles. The van der Waals surface area contributed by atoms with E-state index in [1.54, 1.807) is 24.3 Å². The number of amidine groups is 1. The molecule has 0 saturated heterocycles. The lowest BCUT2D eigenvalue weighted by atomic mass is 10.1. The number of nitrogens with one attached hydrogen (secondary N) is 2. The van der Waals surface area contributed by atoms with E-state index in [0.717, 1.165) is 0 Å². The topological polar surface area (TPSA) is 133 Å². The van der Waals surface area contributed by atoms with Gasteiger partial charge < -0.3 is 15.3 Å². The standard InChI is InChI=1S/C19H14N4O4/c20-17-15-16(22-23(17)11-4-2-1-3-5-11)12(18(26)21-19(15)27)8-10-6-7-13(24)14(25)9-10/h1-9,20,24-25,27H,(H,21,26)/b12-8+,20-17?. The fraction of sp³-hybridized carbons (Fsp3) is 0. The Hall–Kier alpha value is -4.07. The van der Waals surface area contributed by atoms with Crippen LogP contribution in [0.4, 0.5) is 5.69 Å². The van der Waals surface area contributed by atoms with Gasteiger partial charge in [0, 0.05) is 0 Å². The Morgan fingerprint density at radius 3 is 2.48 bits per heavy atom. The number of rotatable bonds is 2. The molecular weight excluding hydrogens is 348 g/mol. The molecule has 0 aliphatic carbocycles. The number of aromatic amines is 1. The molecule has 0 bridgehead atoms. The Labute approximate surface area is 152 Å². The van der Waals surface area contributed by atoms with Crippen LogP contribution in [-0.4, -0.2) is 26.1 Å². The molecule has 0 fully saturated rings. The molecule has 0 atom stereocenters. The van der Waals surface area contributed by atoms with Crippen LogP contribution in [0.2, 0.25) is 0 Å². The van der Waals surface area contributed by atoms with Gasteiger partial charge in [0.2, 0.25) is 5.88 Å². The number of para-hydroxylation sites is 1. The van der Waals surface area contributed by atoms with Crippen LogP contribution in [0.5, 0.6) is 17.4 Å². The summed E-state index contributed by atoms with van der Waals surface area (Å²) in [6.45, 7) is 0. The van der Waals surface area contributed by atoms with Gasteiger partial charge in [-0.05, 0) is 35.9 Å². The summed E-state index contributed by atoms with van der Waals surface area (Å²) in [7, 11) is 0. The Morgan fingerprint density at radius 2 is 1.78 bits per heavy atom. The van der Waals surface area contributed by atoms with Crippen molar-refractivity contribution in [2.45, 2.75) is 0 Å². The maximum absolute atomic E-state index is 12.4. The molecule has 2 aromatic carbocycles. The van der Waals surface area contributed by atoms with Crippen molar-refractivity contribution in [3.05, 3.63) is 80.6 Å². The van der Waals surface area contributed by atoms with Gasteiger partial charge in [-0.25, -0.2) is 5.01 Å². The van der Waals surface area contributed by atoms with Gasteiger partial charge in [-0.2, -0.15) is 5.10 Å². The first-order valence-corrected chi connectivity index (χ1v) is 7.97. The minimum Gasteiger partial charge on any atom is -0.504 e. The Morgan fingerprint density at radius 1 is 1.04 bits per heavy atom. The van der Waals surface area contributed by atoms with Crippen LogP contribution in [-0.2, 0) is 0 Å². The lowest BCUT2D eigenvalue weighted by Gasteiger charge is -2.13. The molecule has 2 heterocycles. The number of anilines is 1. The van der Waals surface area contributed by atoms with Gasteiger partial charge in [-0.1, -0.05) is 24.3 Å². The summed E-state index contributed by atoms with van der Waals surface area (Å²) >= 11 is 0. The summed E-state index contributed by atoms with van der Waals surface area (Å²) in [6.07, 6.45) is 1.46. The fourth-order valence-corrected chi connectivity index (χ4v) is 2.86. The first kappa shape index (κ1) is 16.4. The van der Waals surface area contributed by atoms with E-state index in [0.29, 0.717) is 11.3 Å². The average Bonchev–Trinajstić information content (AvgIpc) is 3.00. The molecule has 4 rings (SSSR count). The number of hydrogen-bond donors (Lipinski definition) is 5. The molecule has 0 saturated carbocycles. The molecule has 1 aliphatic rings. The van der Waals surface area contributed by atoms with Gasteiger partial charge in [0.25, 0.3) is 5.56 Å². The number of aromatic nitrogens is 1. The van der Waals surface area contributed by atoms with Gasteiger partial charge in [-0.3, -0.25) is 15.2 Å². The number of aromatic hydroxyl groups is 3. The van der Waals surface area contributed by atoms with E-state index in [9.17, 15) is 20.1 Å². The van der Waals surface area contributed by atoms with Crippen molar-refractivity contribution in [1.82, 2.24) is 4.98 Å². The highest BCUT2D eigenvalue weighted by Gasteiger charge is 2.26. The van der Waals surface area contributed by atoms with Crippen molar-refractivity contribution >= 4 is 17.6 Å². The second kappa shape index (κ2) is 6.03. The first-order chi connectivity index (χ1) is 13.0. The summed E-state index contributed by atoms with van der Waals surface area (Å²) in [6, 6.07) is 13.0. The fourth-order valence-electron chi connectivity index (χ4n) is 2.86. The Bertz CT molecular complexity index is 1250. The number of phenols is 2. The molecule has 134 valence electrons. The van der Waals surface area contributed by atoms with E-state index in [-0.39, 0.29) is 33.5 Å². The zero-order valence-corrected chi connectivity index (χ0v) is 13.8. The third-order valence-corrected chi connectivity index (χ3v) is 4.17. The lowest BCUT2D eigenvalue weighted by Crippen LogP contribution is -2.42. The highest BCUT2D eigenvalue weighted by Crippen LogP contribution is 2.25. The predicted molar refractivity (Wildman–Crippen MR) is 98.6 cm³/mol. The second-order valence-electron chi connectivity index (χ2n) is 5.93. The molecule has 0 amide bonds. The quantitative estimate of drug-likeness (QED) is 0.428. The first-order valence-electron chi connectivity index (χ1n) is 7.97. The monoisotopic (exact) mass is 362 g/mol. The highest BCUT2D eigenvalue weighted by molar-refractivity contribution is 6.10. The molecule has 8 heteroatoms. The van der Waals surface area contributed by atoms with E-state index >= 15 is 0 Å². The summed E-state index contributed by atoms with van der Waals surface area (Å²) in [5.41, 5.74) is 0.570. The van der Waals surface area contributed by atoms with Crippen molar-refractivity contribution in [3.63, 3.8) is 0 Å². The average molecular weight is 362 g/mol. The van der Waals surface area contributed by atoms with Crippen LogP contribution >= 0.6 is 0 Å². The van der Waals surface area contributed by atoms with E-state index in [4.69, 9.17) is 5.41 Å². The normalized spacial score (nSPS) is 13.6. The van der Waals surface area contributed by atoms with Crippen LogP contribution in [0, 0.1) is 5.41 Å². The van der Waals surface area contributed by atoms with Gasteiger partial charge in [0.1, 0.15) is 10.9 Å². The van der Waals surface area contributed by atoms with Gasteiger partial charge >= 0.3 is 0 Å². The van der Waals surface area contributed by atoms with Crippen LogP contribution < -0.4 is 21.1 Å². The van der Waals surface area contributed by atoms with E-state index < -0.39 is 11.4 Å². The Balaban J connectivity index is 1.99. The second-order valence-corrected chi connectivity index (χ2v) is 5.93. The number of hydrogen-bond acceptors (Lipinski definition) is 6. The zero-order chi connectivity index (χ0) is 19.1. The summed E-state index contributed by atoms with van der Waals surface area (Å²) < 4.78 is 0. The Kier molecular flexibility index (Phi) is 3.66. The molecule has 5 N–H and O–H groups in total. The number of benzene rings is 2. The van der Waals surface area contributed by atoms with Gasteiger partial charge in [-0.15, -0.1) is 0 Å². The molecule has 0 unspecified atom stereocenters. The SMILES string of the molecule is N=C1c2c(O)[nH]c(=O)/c(=C/c3ccc(O)c(O)c3)c2=NN1c1ccccc1. The van der Waals surface area contributed by atoms with E-state index in [1.165, 1.54) is 29.3 Å². The summed E-state index contributed by atoms with van der Waals surface area (Å²) in [4.78, 5) is 14.7. The third-order valence-electron chi connectivity index (χ3n) is 4.17. The number of H-pyrrole nitrogens is 1. The minimum atomic E-state index is -0.592. The van der Waals surface area contributed by atoms with Crippen molar-refractivity contribution < 1.29 is 15.3 Å². The molecule has 1 aromatic heterocycles. The van der Waals surface area contributed by atoms with Crippen LogP contribution in [0.25, 0.3) is 6.08 Å². The van der Waals surface area contributed by atoms with Crippen LogP contribution in [0.3, 0.4) is 0 Å². The lowest BCUT2D eigenvalue weighted by molar-refractivity contribution is 0.403. The number of nitrogens with zero attached hydrogens (tertiary/aromatic N) is 2. The van der Waals surface area contributed by atoms with Crippen molar-refractivity contribution in [2.24, 2.45) is 5.10 Å². The molecular formula is C19H14N4O4. The van der Waals surface area contributed by atoms with E-state index in [2.05, 4.69) is 10.1 Å². The van der Waals surface area contributed by atoms with Crippen LogP contribution in [0.15, 0.2) is 58.4 Å². The van der Waals surface area contributed by atoms with Crippen molar-refractivity contribution in [3.8, 4) is 17.4 Å². The van der Waals surface area contributed by atoms with Crippen molar-refractivity contribution in [2.75, 3.05) is 5.01 Å². The van der Waals surface area contributed by atoms with E-state index in [1.807, 2.05) is 6.07 Å². The molecule has 27 heavy (non-hydrogen) atoms. The number of fused-ring (bicyclic) bond motifs is 1. The summed E-state index contributed by atoms with van der Waals surface area (Å²) in [5.74, 6) is -1.12. The summed E-state index contributed by atoms with van der Waals surface area (Å²) in [5, 5.41) is 43.5. The predicted octanol–water partition coefficient (Wildman–Crippen LogP) is 0.701. The minimum absolute atomic E-state index is 0.0758. The maximum atomic E-state index is 12.4. The third kappa shape index (κ3) is 2.69. The number of phenolic OH excluding ortho intramolecular Hbond substituents is 2. The van der Waals surface area contributed by atoms with Gasteiger partial charge in [0.15, 0.2) is 17.3 Å². The smallest absolute Gasteiger partial charge is 0.260 e. The number of pyridine rings is 1. The highest BCUT2D eigenvalue weighted by atomic mass is 16.3. The largest absolute Gasteiger partial charge is 0.504 e. The molecule has 0 radical (unpaired) electrons. The molecule has 0 spiro atoms. The zero-order valence-electron chi connectivity index (χ0n) is 13.8. The van der Waals surface area contributed by atoms with Crippen molar-refractivity contribution in [1.29, 1.82) is 5.41 Å². The van der Waals surface area contributed by atoms with Crippen LogP contribution in [0.1, 0.15) is 11.1 Å². The molecule has 3 aromatic rings. The van der Waals surface area contributed by atoms with Gasteiger partial charge in [0.05, 0.1) is 10.9 Å².